The van der Waals surface area contributed by atoms with Gasteiger partial charge in [-0.3, -0.25) is 9.69 Å². The Morgan fingerprint density at radius 3 is 2.53 bits per heavy atom. The zero-order chi connectivity index (χ0) is 12.8. The predicted octanol–water partition coefficient (Wildman–Crippen LogP) is 1.28. The average molecular weight is 239 g/mol. The van der Waals surface area contributed by atoms with Crippen LogP contribution in [0.1, 0.15) is 25.3 Å². The monoisotopic (exact) mass is 239 g/mol. The standard InChI is InChI=1S/C12H21N3O2/c1-5-15(6-2)12(16)9-14(4)8-11-7-10(3)13-17-11/h7H,5-6,8-9H2,1-4H3. The van der Waals surface area contributed by atoms with Gasteiger partial charge in [0.25, 0.3) is 0 Å². The highest BCUT2D eigenvalue weighted by atomic mass is 16.5. The van der Waals surface area contributed by atoms with Crippen LogP contribution in [-0.4, -0.2) is 47.5 Å². The number of aromatic nitrogens is 1. The van der Waals surface area contributed by atoms with E-state index in [1.807, 2.05) is 43.7 Å². The predicted molar refractivity (Wildman–Crippen MR) is 65.5 cm³/mol. The minimum absolute atomic E-state index is 0.147. The second kappa shape index (κ2) is 6.39. The number of amides is 1. The first-order valence-electron chi connectivity index (χ1n) is 5.95. The summed E-state index contributed by atoms with van der Waals surface area (Å²) in [4.78, 5) is 15.6. The summed E-state index contributed by atoms with van der Waals surface area (Å²) in [5, 5.41) is 3.82. The van der Waals surface area contributed by atoms with Gasteiger partial charge in [-0.15, -0.1) is 0 Å². The van der Waals surface area contributed by atoms with Gasteiger partial charge in [0, 0.05) is 19.2 Å². The largest absolute Gasteiger partial charge is 0.360 e. The number of nitrogens with zero attached hydrogens (tertiary/aromatic N) is 3. The molecule has 1 heterocycles. The lowest BCUT2D eigenvalue weighted by atomic mass is 10.3. The number of carbonyl (C=O) groups is 1. The zero-order valence-electron chi connectivity index (χ0n) is 11.1. The van der Waals surface area contributed by atoms with Gasteiger partial charge in [-0.25, -0.2) is 0 Å². The van der Waals surface area contributed by atoms with Crippen LogP contribution < -0.4 is 0 Å². The van der Waals surface area contributed by atoms with Gasteiger partial charge in [-0.2, -0.15) is 0 Å². The maximum Gasteiger partial charge on any atom is 0.236 e. The fraction of sp³-hybridized carbons (Fsp3) is 0.667. The highest BCUT2D eigenvalue weighted by Gasteiger charge is 2.13. The van der Waals surface area contributed by atoms with E-state index < -0.39 is 0 Å². The smallest absolute Gasteiger partial charge is 0.236 e. The van der Waals surface area contributed by atoms with Crippen molar-refractivity contribution in [3.63, 3.8) is 0 Å². The molecule has 0 fully saturated rings. The molecule has 0 aliphatic heterocycles. The van der Waals surface area contributed by atoms with Crippen molar-refractivity contribution < 1.29 is 9.32 Å². The number of aryl methyl sites for hydroxylation is 1. The van der Waals surface area contributed by atoms with Crippen LogP contribution in [0.25, 0.3) is 0 Å². The van der Waals surface area contributed by atoms with Crippen molar-refractivity contribution >= 4 is 5.91 Å². The Morgan fingerprint density at radius 1 is 1.41 bits per heavy atom. The third-order valence-electron chi connectivity index (χ3n) is 2.62. The molecule has 0 aromatic carbocycles. The molecule has 0 radical (unpaired) electrons. The molecule has 1 amide bonds. The third kappa shape index (κ3) is 4.19. The third-order valence-corrected chi connectivity index (χ3v) is 2.62. The number of rotatable bonds is 6. The fourth-order valence-electron chi connectivity index (χ4n) is 1.72. The number of hydrogen-bond donors (Lipinski definition) is 0. The van der Waals surface area contributed by atoms with Gasteiger partial charge in [0.15, 0.2) is 5.76 Å². The fourth-order valence-corrected chi connectivity index (χ4v) is 1.72. The average Bonchev–Trinajstić information content (AvgIpc) is 2.65. The van der Waals surface area contributed by atoms with E-state index in [-0.39, 0.29) is 5.91 Å². The minimum Gasteiger partial charge on any atom is -0.360 e. The summed E-state index contributed by atoms with van der Waals surface area (Å²) in [5.74, 6) is 0.936. The minimum atomic E-state index is 0.147. The lowest BCUT2D eigenvalue weighted by molar-refractivity contribution is -0.131. The van der Waals surface area contributed by atoms with Crippen molar-refractivity contribution in [3.8, 4) is 0 Å². The molecule has 0 unspecified atom stereocenters. The maximum atomic E-state index is 11.8. The van der Waals surface area contributed by atoms with E-state index in [0.717, 1.165) is 24.5 Å². The Bertz CT molecular complexity index is 358. The molecule has 1 rings (SSSR count). The van der Waals surface area contributed by atoms with E-state index in [1.54, 1.807) is 0 Å². The van der Waals surface area contributed by atoms with Crippen molar-refractivity contribution in [3.05, 3.63) is 17.5 Å². The van der Waals surface area contributed by atoms with E-state index in [9.17, 15) is 4.79 Å². The lowest BCUT2D eigenvalue weighted by Crippen LogP contribution is -2.38. The molecule has 1 aromatic heterocycles. The topological polar surface area (TPSA) is 49.6 Å². The molecule has 0 aliphatic rings. The quantitative estimate of drug-likeness (QED) is 0.750. The Kier molecular flexibility index (Phi) is 5.15. The Morgan fingerprint density at radius 2 is 2.06 bits per heavy atom. The summed E-state index contributed by atoms with van der Waals surface area (Å²) in [6, 6.07) is 1.89. The SMILES string of the molecule is CCN(CC)C(=O)CN(C)Cc1cc(C)no1. The molecule has 1 aromatic rings. The summed E-state index contributed by atoms with van der Waals surface area (Å²) < 4.78 is 5.11. The van der Waals surface area contributed by atoms with E-state index in [0.29, 0.717) is 13.1 Å². The van der Waals surface area contributed by atoms with Crippen LogP contribution >= 0.6 is 0 Å². The molecule has 0 spiro atoms. The van der Waals surface area contributed by atoms with Crippen molar-refractivity contribution in [1.29, 1.82) is 0 Å². The molecular weight excluding hydrogens is 218 g/mol. The lowest BCUT2D eigenvalue weighted by Gasteiger charge is -2.22. The van der Waals surface area contributed by atoms with Crippen molar-refractivity contribution in [2.24, 2.45) is 0 Å². The number of likely N-dealkylation sites (N-methyl/N-ethyl adjacent to an activating group) is 2. The summed E-state index contributed by atoms with van der Waals surface area (Å²) in [6.07, 6.45) is 0. The van der Waals surface area contributed by atoms with Gasteiger partial charge >= 0.3 is 0 Å². The highest BCUT2D eigenvalue weighted by Crippen LogP contribution is 2.05. The van der Waals surface area contributed by atoms with Crippen molar-refractivity contribution in [2.75, 3.05) is 26.7 Å². The van der Waals surface area contributed by atoms with Gasteiger partial charge in [-0.1, -0.05) is 5.16 Å². The van der Waals surface area contributed by atoms with Crippen LogP contribution in [0.3, 0.4) is 0 Å². The van der Waals surface area contributed by atoms with Crippen LogP contribution in [0.15, 0.2) is 10.6 Å². The normalized spacial score (nSPS) is 10.9. The zero-order valence-corrected chi connectivity index (χ0v) is 11.1. The van der Waals surface area contributed by atoms with Crippen molar-refractivity contribution in [1.82, 2.24) is 15.0 Å². The second-order valence-electron chi connectivity index (χ2n) is 4.17. The van der Waals surface area contributed by atoms with E-state index in [1.165, 1.54) is 0 Å². The van der Waals surface area contributed by atoms with Gasteiger partial charge in [0.2, 0.25) is 5.91 Å². The second-order valence-corrected chi connectivity index (χ2v) is 4.17. The van der Waals surface area contributed by atoms with Crippen LogP contribution in [0, 0.1) is 6.92 Å². The molecule has 0 saturated carbocycles. The molecule has 0 saturated heterocycles. The molecule has 5 heteroatoms. The van der Waals surface area contributed by atoms with Gasteiger partial charge in [0.05, 0.1) is 18.8 Å². The van der Waals surface area contributed by atoms with Gasteiger partial charge in [0.1, 0.15) is 0 Å². The number of carbonyl (C=O) groups excluding carboxylic acids is 1. The van der Waals surface area contributed by atoms with Crippen LogP contribution in [0.4, 0.5) is 0 Å². The molecule has 96 valence electrons. The molecule has 0 aliphatic carbocycles. The molecular formula is C12H21N3O2. The number of hydrogen-bond acceptors (Lipinski definition) is 4. The first kappa shape index (κ1) is 13.7. The Labute approximate surface area is 102 Å². The molecule has 5 nitrogen and oxygen atoms in total. The molecule has 0 N–H and O–H groups in total. The van der Waals surface area contributed by atoms with Crippen LogP contribution in [-0.2, 0) is 11.3 Å². The Balaban J connectivity index is 2.44. The maximum absolute atomic E-state index is 11.8. The van der Waals surface area contributed by atoms with Crippen LogP contribution in [0.2, 0.25) is 0 Å². The summed E-state index contributed by atoms with van der Waals surface area (Å²) in [7, 11) is 1.90. The Hall–Kier alpha value is -1.36. The van der Waals surface area contributed by atoms with Crippen LogP contribution in [0.5, 0.6) is 0 Å². The highest BCUT2D eigenvalue weighted by molar-refractivity contribution is 5.78. The summed E-state index contributed by atoms with van der Waals surface area (Å²) >= 11 is 0. The first-order chi connectivity index (χ1) is 8.06. The molecule has 17 heavy (non-hydrogen) atoms. The van der Waals surface area contributed by atoms with Gasteiger partial charge in [-0.05, 0) is 27.8 Å². The van der Waals surface area contributed by atoms with Gasteiger partial charge < -0.3 is 9.42 Å². The summed E-state index contributed by atoms with van der Waals surface area (Å²) in [6.45, 7) is 8.38. The van der Waals surface area contributed by atoms with Crippen molar-refractivity contribution in [2.45, 2.75) is 27.3 Å². The summed E-state index contributed by atoms with van der Waals surface area (Å²) in [5.41, 5.74) is 0.864. The van der Waals surface area contributed by atoms with E-state index >= 15 is 0 Å². The molecule has 0 bridgehead atoms. The van der Waals surface area contributed by atoms with E-state index in [2.05, 4.69) is 5.16 Å². The first-order valence-corrected chi connectivity index (χ1v) is 5.95. The molecule has 0 atom stereocenters. The van der Waals surface area contributed by atoms with E-state index in [4.69, 9.17) is 4.52 Å².